The molecule has 0 atom stereocenters. The first-order valence-electron chi connectivity index (χ1n) is 7.69. The van der Waals surface area contributed by atoms with Gasteiger partial charge in [-0.2, -0.15) is 0 Å². The van der Waals surface area contributed by atoms with Gasteiger partial charge in [-0.1, -0.05) is 24.3 Å². The summed E-state index contributed by atoms with van der Waals surface area (Å²) >= 11 is 0. The number of halogens is 1. The van der Waals surface area contributed by atoms with E-state index < -0.39 is 0 Å². The lowest BCUT2D eigenvalue weighted by molar-refractivity contribution is 0.628. The maximum atomic E-state index is 13.1. The molecule has 3 aromatic rings. The van der Waals surface area contributed by atoms with Crippen molar-refractivity contribution in [2.24, 2.45) is 0 Å². The van der Waals surface area contributed by atoms with Gasteiger partial charge in [0.2, 0.25) is 0 Å². The Labute approximate surface area is 128 Å². The molecule has 2 N–H and O–H groups in total. The summed E-state index contributed by atoms with van der Waals surface area (Å²) in [6, 6.07) is 12.7. The molecule has 0 radical (unpaired) electrons. The number of hydrogen-bond donors (Lipinski definition) is 1. The Kier molecular flexibility index (Phi) is 3.07. The van der Waals surface area contributed by atoms with Crippen LogP contribution in [0.3, 0.4) is 0 Å². The largest absolute Gasteiger partial charge is 0.398 e. The molecule has 0 unspecified atom stereocenters. The van der Waals surface area contributed by atoms with Crippen LogP contribution in [0.2, 0.25) is 0 Å². The number of aryl methyl sites for hydroxylation is 1. The van der Waals surface area contributed by atoms with Crippen LogP contribution >= 0.6 is 0 Å². The van der Waals surface area contributed by atoms with Gasteiger partial charge in [0.15, 0.2) is 0 Å². The van der Waals surface area contributed by atoms with Crippen LogP contribution < -0.4 is 5.73 Å². The van der Waals surface area contributed by atoms with Crippen LogP contribution in [0.15, 0.2) is 42.5 Å². The molecule has 0 spiro atoms. The maximum absolute atomic E-state index is 13.1. The number of hydrogen-bond acceptors (Lipinski definition) is 2. The normalized spacial score (nSPS) is 14.0. The van der Waals surface area contributed by atoms with E-state index in [9.17, 15) is 4.39 Å². The van der Waals surface area contributed by atoms with Crippen LogP contribution in [0.5, 0.6) is 0 Å². The van der Waals surface area contributed by atoms with Crippen molar-refractivity contribution in [1.82, 2.24) is 4.98 Å². The second kappa shape index (κ2) is 5.09. The third kappa shape index (κ3) is 2.13. The second-order valence-electron chi connectivity index (χ2n) is 5.90. The van der Waals surface area contributed by atoms with Crippen molar-refractivity contribution in [1.29, 1.82) is 0 Å². The first-order chi connectivity index (χ1) is 10.7. The fourth-order valence-corrected chi connectivity index (χ4v) is 3.28. The molecule has 0 saturated carbocycles. The van der Waals surface area contributed by atoms with Crippen molar-refractivity contribution < 1.29 is 4.39 Å². The molecule has 1 aromatic heterocycles. The van der Waals surface area contributed by atoms with E-state index in [4.69, 9.17) is 10.7 Å². The van der Waals surface area contributed by atoms with Crippen molar-refractivity contribution in [2.45, 2.75) is 25.7 Å². The highest BCUT2D eigenvalue weighted by Gasteiger charge is 2.16. The zero-order valence-corrected chi connectivity index (χ0v) is 12.3. The highest BCUT2D eigenvalue weighted by molar-refractivity contribution is 5.94. The average molecular weight is 292 g/mol. The van der Waals surface area contributed by atoms with E-state index in [1.165, 1.54) is 30.5 Å². The van der Waals surface area contributed by atoms with Crippen LogP contribution in [0, 0.1) is 5.82 Å². The Morgan fingerprint density at radius 1 is 0.909 bits per heavy atom. The lowest BCUT2D eigenvalue weighted by Crippen LogP contribution is -2.09. The van der Waals surface area contributed by atoms with Crippen LogP contribution in [0.4, 0.5) is 10.1 Å². The molecule has 1 heterocycles. The van der Waals surface area contributed by atoms with E-state index in [-0.39, 0.29) is 5.82 Å². The van der Waals surface area contributed by atoms with E-state index in [0.717, 1.165) is 46.3 Å². The topological polar surface area (TPSA) is 38.9 Å². The van der Waals surface area contributed by atoms with Crippen LogP contribution in [-0.2, 0) is 12.8 Å². The molecule has 2 nitrogen and oxygen atoms in total. The fourth-order valence-electron chi connectivity index (χ4n) is 3.28. The quantitative estimate of drug-likeness (QED) is 0.717. The summed E-state index contributed by atoms with van der Waals surface area (Å²) in [5, 5.41) is 1.02. The summed E-state index contributed by atoms with van der Waals surface area (Å²) in [6.45, 7) is 0. The van der Waals surface area contributed by atoms with E-state index in [1.807, 2.05) is 18.2 Å². The van der Waals surface area contributed by atoms with Crippen molar-refractivity contribution in [3.05, 3.63) is 59.5 Å². The van der Waals surface area contributed by atoms with Crippen molar-refractivity contribution in [3.63, 3.8) is 0 Å². The number of pyridine rings is 1. The zero-order valence-electron chi connectivity index (χ0n) is 12.3. The summed E-state index contributed by atoms with van der Waals surface area (Å²) in [4.78, 5) is 4.83. The highest BCUT2D eigenvalue weighted by atomic mass is 19.1. The van der Waals surface area contributed by atoms with E-state index in [0.29, 0.717) is 0 Å². The molecule has 22 heavy (non-hydrogen) atoms. The number of rotatable bonds is 1. The molecule has 1 aliphatic carbocycles. The Morgan fingerprint density at radius 2 is 1.64 bits per heavy atom. The SMILES string of the molecule is Nc1c2c(nc3cc(-c4ccc(F)cc4)ccc13)CCCC2. The highest BCUT2D eigenvalue weighted by Crippen LogP contribution is 2.33. The monoisotopic (exact) mass is 292 g/mol. The number of fused-ring (bicyclic) bond motifs is 2. The van der Waals surface area contributed by atoms with Gasteiger partial charge in [-0.25, -0.2) is 4.39 Å². The Balaban J connectivity index is 1.88. The van der Waals surface area contributed by atoms with E-state index in [1.54, 1.807) is 12.1 Å². The summed E-state index contributed by atoms with van der Waals surface area (Å²) in [5.74, 6) is -0.221. The van der Waals surface area contributed by atoms with Gasteiger partial charge in [-0.15, -0.1) is 0 Å². The molecule has 0 saturated heterocycles. The molecule has 3 heteroatoms. The van der Waals surface area contributed by atoms with E-state index in [2.05, 4.69) is 0 Å². The number of anilines is 1. The molecule has 2 aromatic carbocycles. The van der Waals surface area contributed by atoms with Gasteiger partial charge < -0.3 is 5.73 Å². The molecule has 110 valence electrons. The minimum absolute atomic E-state index is 0.221. The Morgan fingerprint density at radius 3 is 2.45 bits per heavy atom. The number of nitrogen functional groups attached to an aromatic ring is 1. The first kappa shape index (κ1) is 13.3. The number of benzene rings is 2. The van der Waals surface area contributed by atoms with Gasteiger partial charge in [0.25, 0.3) is 0 Å². The molecule has 4 rings (SSSR count). The van der Waals surface area contributed by atoms with Gasteiger partial charge in [0.05, 0.1) is 5.52 Å². The van der Waals surface area contributed by atoms with Crippen molar-refractivity contribution in [3.8, 4) is 11.1 Å². The van der Waals surface area contributed by atoms with E-state index >= 15 is 0 Å². The van der Waals surface area contributed by atoms with Crippen LogP contribution in [0.25, 0.3) is 22.0 Å². The Bertz CT molecular complexity index is 853. The number of nitrogens with two attached hydrogens (primary N) is 1. The molecule has 0 amide bonds. The minimum Gasteiger partial charge on any atom is -0.398 e. The van der Waals surface area contributed by atoms with Gasteiger partial charge >= 0.3 is 0 Å². The summed E-state index contributed by atoms with van der Waals surface area (Å²) < 4.78 is 13.1. The molecule has 1 aliphatic rings. The second-order valence-corrected chi connectivity index (χ2v) is 5.90. The minimum atomic E-state index is -0.221. The standard InChI is InChI=1S/C19H17FN2/c20-14-8-5-12(6-9-14)13-7-10-16-18(11-13)22-17-4-2-1-3-15(17)19(16)21/h5-11H,1-4H2,(H2,21,22). The Hall–Kier alpha value is -2.42. The molecule has 0 bridgehead atoms. The maximum Gasteiger partial charge on any atom is 0.123 e. The predicted molar refractivity (Wildman–Crippen MR) is 88.2 cm³/mol. The van der Waals surface area contributed by atoms with Gasteiger partial charge in [0, 0.05) is 16.8 Å². The fraction of sp³-hybridized carbons (Fsp3) is 0.211. The summed E-state index contributed by atoms with van der Waals surface area (Å²) in [5.41, 5.74) is 12.6. The van der Waals surface area contributed by atoms with Crippen molar-refractivity contribution in [2.75, 3.05) is 5.73 Å². The molecule has 0 aliphatic heterocycles. The third-order valence-corrected chi connectivity index (χ3v) is 4.48. The van der Waals surface area contributed by atoms with Gasteiger partial charge in [0.1, 0.15) is 5.82 Å². The zero-order chi connectivity index (χ0) is 15.1. The summed E-state index contributed by atoms with van der Waals surface area (Å²) in [7, 11) is 0. The summed E-state index contributed by atoms with van der Waals surface area (Å²) in [6.07, 6.45) is 4.42. The first-order valence-corrected chi connectivity index (χ1v) is 7.69. The lowest BCUT2D eigenvalue weighted by atomic mass is 9.92. The van der Waals surface area contributed by atoms with Crippen LogP contribution in [-0.4, -0.2) is 4.98 Å². The van der Waals surface area contributed by atoms with Crippen LogP contribution in [0.1, 0.15) is 24.1 Å². The molecular weight excluding hydrogens is 275 g/mol. The van der Waals surface area contributed by atoms with Gasteiger partial charge in [-0.3, -0.25) is 4.98 Å². The molecular formula is C19H17FN2. The van der Waals surface area contributed by atoms with Gasteiger partial charge in [-0.05, 0) is 60.6 Å². The van der Waals surface area contributed by atoms with Crippen molar-refractivity contribution >= 4 is 16.6 Å². The average Bonchev–Trinajstić information content (AvgIpc) is 2.55. The lowest BCUT2D eigenvalue weighted by Gasteiger charge is -2.18. The predicted octanol–water partition coefficient (Wildman–Crippen LogP) is 4.50. The molecule has 0 fully saturated rings. The smallest absolute Gasteiger partial charge is 0.123 e. The number of nitrogens with zero attached hydrogens (tertiary/aromatic N) is 1. The number of aromatic nitrogens is 1. The third-order valence-electron chi connectivity index (χ3n) is 4.48.